The molecule has 0 saturated heterocycles. The van der Waals surface area contributed by atoms with Crippen molar-refractivity contribution in [1.29, 1.82) is 0 Å². The standard InChI is InChI=1S/C15H25N3O5S2/c1-4-5-16-13(21)17(8-11(2)19)15(23)18(14(16)22)9-12(20)10-25-7-6-24-3/h4,11-12,19-20H,1,5-10H2,2-3H3. The molecule has 2 unspecified atom stereocenters. The minimum absolute atomic E-state index is 0.0592. The lowest BCUT2D eigenvalue weighted by atomic mass is 10.4. The third kappa shape index (κ3) is 6.21. The molecule has 1 heterocycles. The molecule has 8 nitrogen and oxygen atoms in total. The molecule has 0 spiro atoms. The molecule has 25 heavy (non-hydrogen) atoms. The number of aliphatic hydroxyl groups is 2. The summed E-state index contributed by atoms with van der Waals surface area (Å²) in [5, 5.41) is 19.6. The molecule has 1 rings (SSSR count). The zero-order chi connectivity index (χ0) is 19.0. The van der Waals surface area contributed by atoms with Crippen LogP contribution >= 0.6 is 23.5 Å². The first kappa shape index (κ1) is 21.8. The van der Waals surface area contributed by atoms with Crippen LogP contribution in [0.4, 0.5) is 0 Å². The second-order valence-electron chi connectivity index (χ2n) is 5.54. The quantitative estimate of drug-likeness (QED) is 0.375. The Kier molecular flexibility index (Phi) is 9.33. The van der Waals surface area contributed by atoms with Gasteiger partial charge in [-0.05, 0) is 13.2 Å². The highest BCUT2D eigenvalue weighted by atomic mass is 32.2. The van der Waals surface area contributed by atoms with Crippen molar-refractivity contribution in [3.8, 4) is 0 Å². The van der Waals surface area contributed by atoms with E-state index >= 15 is 0 Å². The highest BCUT2D eigenvalue weighted by Gasteiger charge is 2.18. The number of aliphatic hydroxyl groups excluding tert-OH is 2. The van der Waals surface area contributed by atoms with Crippen LogP contribution in [-0.2, 0) is 19.6 Å². The summed E-state index contributed by atoms with van der Waals surface area (Å²) in [5.74, 6) is 2.18. The minimum Gasteiger partial charge on any atom is -0.392 e. The third-order valence-corrected chi connectivity index (χ3v) is 5.26. The topological polar surface area (TPSA) is 106 Å². The van der Waals surface area contributed by atoms with Crippen LogP contribution in [0.5, 0.6) is 0 Å². The normalized spacial score (nSPS) is 13.6. The fourth-order valence-electron chi connectivity index (χ4n) is 2.17. The van der Waals surface area contributed by atoms with Gasteiger partial charge in [-0.1, -0.05) is 6.08 Å². The zero-order valence-corrected chi connectivity index (χ0v) is 16.1. The Balaban J connectivity index is 3.18. The van der Waals surface area contributed by atoms with Crippen molar-refractivity contribution < 1.29 is 10.2 Å². The fourth-order valence-corrected chi connectivity index (χ4v) is 3.85. The van der Waals surface area contributed by atoms with Gasteiger partial charge in [0.15, 0.2) is 0 Å². The number of rotatable bonds is 11. The van der Waals surface area contributed by atoms with Crippen LogP contribution in [0.25, 0.3) is 0 Å². The SMILES string of the molecule is C=CCn1c(=O)n(CC(C)O)c(=O)n(CC(O)CSCCSC)c1=O. The molecule has 0 saturated carbocycles. The van der Waals surface area contributed by atoms with Crippen LogP contribution < -0.4 is 17.1 Å². The molecule has 1 aromatic rings. The van der Waals surface area contributed by atoms with Gasteiger partial charge in [-0.25, -0.2) is 28.1 Å². The molecule has 142 valence electrons. The van der Waals surface area contributed by atoms with Gasteiger partial charge < -0.3 is 10.2 Å². The third-order valence-electron chi connectivity index (χ3n) is 3.28. The smallest absolute Gasteiger partial charge is 0.336 e. The van der Waals surface area contributed by atoms with Crippen molar-refractivity contribution in [2.45, 2.75) is 38.8 Å². The van der Waals surface area contributed by atoms with Gasteiger partial charge in [-0.3, -0.25) is 0 Å². The second-order valence-corrected chi connectivity index (χ2v) is 7.67. The number of hydrogen-bond acceptors (Lipinski definition) is 7. The molecular weight excluding hydrogens is 366 g/mol. The minimum atomic E-state index is -0.930. The number of aromatic nitrogens is 3. The second kappa shape index (κ2) is 10.7. The monoisotopic (exact) mass is 391 g/mol. The van der Waals surface area contributed by atoms with Crippen LogP contribution in [0, 0.1) is 0 Å². The van der Waals surface area contributed by atoms with E-state index in [0.717, 1.165) is 25.2 Å². The van der Waals surface area contributed by atoms with Gasteiger partial charge in [-0.2, -0.15) is 23.5 Å². The molecule has 1 aromatic heterocycles. The highest BCUT2D eigenvalue weighted by Crippen LogP contribution is 2.06. The van der Waals surface area contributed by atoms with Gasteiger partial charge in [0.2, 0.25) is 0 Å². The average molecular weight is 392 g/mol. The predicted octanol–water partition coefficient (Wildman–Crippen LogP) is -0.804. The van der Waals surface area contributed by atoms with Crippen molar-refractivity contribution in [2.75, 3.05) is 23.5 Å². The molecule has 0 aromatic carbocycles. The number of nitrogens with zero attached hydrogens (tertiary/aromatic N) is 3. The summed E-state index contributed by atoms with van der Waals surface area (Å²) in [6.07, 6.45) is 1.54. The Morgan fingerprint density at radius 3 is 2.12 bits per heavy atom. The zero-order valence-electron chi connectivity index (χ0n) is 14.5. The number of allylic oxidation sites excluding steroid dienone is 1. The van der Waals surface area contributed by atoms with Gasteiger partial charge in [0.1, 0.15) is 0 Å². The van der Waals surface area contributed by atoms with Crippen molar-refractivity contribution in [3.63, 3.8) is 0 Å². The van der Waals surface area contributed by atoms with Crippen LogP contribution in [0.3, 0.4) is 0 Å². The number of hydrogen-bond donors (Lipinski definition) is 2. The van der Waals surface area contributed by atoms with Gasteiger partial charge in [0.25, 0.3) is 0 Å². The molecule has 0 fully saturated rings. The van der Waals surface area contributed by atoms with E-state index in [-0.39, 0.29) is 19.6 Å². The number of thioether (sulfide) groups is 2. The largest absolute Gasteiger partial charge is 0.392 e. The van der Waals surface area contributed by atoms with Crippen molar-refractivity contribution in [1.82, 2.24) is 13.7 Å². The first-order chi connectivity index (χ1) is 11.8. The first-order valence-electron chi connectivity index (χ1n) is 7.81. The fraction of sp³-hybridized carbons (Fsp3) is 0.667. The van der Waals surface area contributed by atoms with Gasteiger partial charge in [0.05, 0.1) is 31.8 Å². The summed E-state index contributed by atoms with van der Waals surface area (Å²) in [7, 11) is 0. The van der Waals surface area contributed by atoms with E-state index in [9.17, 15) is 24.6 Å². The summed E-state index contributed by atoms with van der Waals surface area (Å²) in [6.45, 7) is 4.45. The van der Waals surface area contributed by atoms with Crippen molar-refractivity contribution in [2.24, 2.45) is 0 Å². The van der Waals surface area contributed by atoms with E-state index in [4.69, 9.17) is 0 Å². The molecule has 10 heteroatoms. The Labute approximate surface area is 154 Å². The summed E-state index contributed by atoms with van der Waals surface area (Å²) in [4.78, 5) is 37.2. The van der Waals surface area contributed by atoms with Gasteiger partial charge in [-0.15, -0.1) is 6.58 Å². The Hall–Kier alpha value is -1.23. The lowest BCUT2D eigenvalue weighted by Crippen LogP contribution is -2.56. The Morgan fingerprint density at radius 2 is 1.60 bits per heavy atom. The summed E-state index contributed by atoms with van der Waals surface area (Å²) in [5.41, 5.74) is -2.41. The lowest BCUT2D eigenvalue weighted by Gasteiger charge is -2.16. The van der Waals surface area contributed by atoms with E-state index < -0.39 is 29.3 Å². The van der Waals surface area contributed by atoms with E-state index in [1.807, 2.05) is 6.26 Å². The maximum Gasteiger partial charge on any atom is 0.336 e. The van der Waals surface area contributed by atoms with Crippen molar-refractivity contribution >= 4 is 23.5 Å². The molecule has 0 amide bonds. The molecule has 0 aliphatic rings. The van der Waals surface area contributed by atoms with E-state index in [1.165, 1.54) is 24.8 Å². The lowest BCUT2D eigenvalue weighted by molar-refractivity contribution is 0.158. The maximum atomic E-state index is 12.5. The summed E-state index contributed by atoms with van der Waals surface area (Å²) < 4.78 is 2.51. The molecule has 0 bridgehead atoms. The van der Waals surface area contributed by atoms with Gasteiger partial charge >= 0.3 is 17.1 Å². The predicted molar refractivity (Wildman–Crippen MR) is 103 cm³/mol. The maximum absolute atomic E-state index is 12.5. The Morgan fingerprint density at radius 1 is 1.04 bits per heavy atom. The molecular formula is C15H25N3O5S2. The highest BCUT2D eigenvalue weighted by molar-refractivity contribution is 8.02. The van der Waals surface area contributed by atoms with E-state index in [1.54, 1.807) is 11.8 Å². The molecule has 0 radical (unpaired) electrons. The molecule has 0 aliphatic carbocycles. The molecule has 2 atom stereocenters. The van der Waals surface area contributed by atoms with Gasteiger partial charge in [0, 0.05) is 17.3 Å². The van der Waals surface area contributed by atoms with Crippen LogP contribution in [0.15, 0.2) is 27.0 Å². The Bertz CT molecular complexity index is 738. The summed E-state index contributed by atoms with van der Waals surface area (Å²) >= 11 is 3.23. The van der Waals surface area contributed by atoms with E-state index in [0.29, 0.717) is 5.75 Å². The van der Waals surface area contributed by atoms with E-state index in [2.05, 4.69) is 6.58 Å². The van der Waals surface area contributed by atoms with Crippen molar-refractivity contribution in [3.05, 3.63) is 44.1 Å². The molecule has 2 N–H and O–H groups in total. The van der Waals surface area contributed by atoms with Crippen LogP contribution in [0.1, 0.15) is 6.92 Å². The van der Waals surface area contributed by atoms with Crippen LogP contribution in [-0.4, -0.2) is 59.6 Å². The first-order valence-corrected chi connectivity index (χ1v) is 10.4. The average Bonchev–Trinajstić information content (AvgIpc) is 2.56. The van der Waals surface area contributed by atoms with Crippen LogP contribution in [0.2, 0.25) is 0 Å². The summed E-state index contributed by atoms with van der Waals surface area (Å²) in [6, 6.07) is 0. The molecule has 0 aliphatic heterocycles.